The molecule has 92 valence electrons. The molecule has 0 radical (unpaired) electrons. The van der Waals surface area contributed by atoms with E-state index in [1.54, 1.807) is 6.92 Å². The Kier molecular flexibility index (Phi) is 8.00. The summed E-state index contributed by atoms with van der Waals surface area (Å²) in [6, 6.07) is 0. The van der Waals surface area contributed by atoms with Crippen LogP contribution in [0.1, 0.15) is 33.1 Å². The number of hydrogen-bond donors (Lipinski definition) is 1. The van der Waals surface area contributed by atoms with Gasteiger partial charge < -0.3 is 10.5 Å². The van der Waals surface area contributed by atoms with E-state index in [0.29, 0.717) is 26.2 Å². The molecule has 0 saturated heterocycles. The lowest BCUT2D eigenvalue weighted by molar-refractivity contribution is 0.145. The Morgan fingerprint density at radius 2 is 2.00 bits per heavy atom. The van der Waals surface area contributed by atoms with E-state index >= 15 is 0 Å². The molecule has 2 N–H and O–H groups in total. The highest BCUT2D eigenvalue weighted by Gasteiger charge is 2.19. The summed E-state index contributed by atoms with van der Waals surface area (Å²) in [7, 11) is -3.01. The summed E-state index contributed by atoms with van der Waals surface area (Å²) in [5, 5.41) is -0.350. The number of hydrogen-bond acceptors (Lipinski definition) is 4. The molecule has 0 aromatic heterocycles. The van der Waals surface area contributed by atoms with Gasteiger partial charge in [-0.1, -0.05) is 13.3 Å². The predicted octanol–water partition coefficient (Wildman–Crippen LogP) is 0.955. The highest BCUT2D eigenvalue weighted by atomic mass is 32.2. The van der Waals surface area contributed by atoms with E-state index < -0.39 is 9.84 Å². The van der Waals surface area contributed by atoms with Crippen LogP contribution < -0.4 is 5.73 Å². The van der Waals surface area contributed by atoms with E-state index in [1.807, 2.05) is 0 Å². The Hall–Kier alpha value is -0.130. The van der Waals surface area contributed by atoms with Crippen molar-refractivity contribution in [3.63, 3.8) is 0 Å². The standard InChI is InChI=1S/C10H23NO3S/c1-3-4-7-14-8-9-15(12,13)10(2)5-6-11/h10H,3-9,11H2,1-2H3. The Morgan fingerprint density at radius 3 is 2.53 bits per heavy atom. The zero-order chi connectivity index (χ0) is 11.7. The fraction of sp³-hybridized carbons (Fsp3) is 1.00. The molecule has 0 amide bonds. The molecule has 0 rings (SSSR count). The van der Waals surface area contributed by atoms with E-state index in [-0.39, 0.29) is 11.0 Å². The van der Waals surface area contributed by atoms with Gasteiger partial charge in [-0.15, -0.1) is 0 Å². The minimum atomic E-state index is -3.01. The second-order valence-electron chi connectivity index (χ2n) is 3.72. The normalized spacial score (nSPS) is 14.1. The third-order valence-corrected chi connectivity index (χ3v) is 4.54. The molecule has 0 saturated carbocycles. The summed E-state index contributed by atoms with van der Waals surface area (Å²) < 4.78 is 28.5. The van der Waals surface area contributed by atoms with Gasteiger partial charge in [0.05, 0.1) is 17.6 Å². The van der Waals surface area contributed by atoms with Crippen molar-refractivity contribution in [1.82, 2.24) is 0 Å². The zero-order valence-electron chi connectivity index (χ0n) is 9.74. The van der Waals surface area contributed by atoms with Crippen LogP contribution in [0, 0.1) is 0 Å². The summed E-state index contributed by atoms with van der Waals surface area (Å²) in [5.41, 5.74) is 5.32. The average Bonchev–Trinajstić information content (AvgIpc) is 2.18. The number of sulfone groups is 1. The van der Waals surface area contributed by atoms with Crippen molar-refractivity contribution in [1.29, 1.82) is 0 Å². The van der Waals surface area contributed by atoms with Gasteiger partial charge in [-0.3, -0.25) is 0 Å². The first-order chi connectivity index (χ1) is 7.04. The molecule has 0 aliphatic rings. The zero-order valence-corrected chi connectivity index (χ0v) is 10.6. The van der Waals surface area contributed by atoms with Crippen molar-refractivity contribution < 1.29 is 13.2 Å². The van der Waals surface area contributed by atoms with Gasteiger partial charge in [0.25, 0.3) is 0 Å². The smallest absolute Gasteiger partial charge is 0.155 e. The molecule has 1 unspecified atom stereocenters. The quantitative estimate of drug-likeness (QED) is 0.606. The molecule has 0 aliphatic heterocycles. The fourth-order valence-corrected chi connectivity index (χ4v) is 2.39. The Labute approximate surface area is 93.1 Å². The molecular formula is C10H23NO3S. The molecule has 4 nitrogen and oxygen atoms in total. The molecule has 0 heterocycles. The Bertz CT molecular complexity index is 239. The van der Waals surface area contributed by atoms with Crippen molar-refractivity contribution >= 4 is 9.84 Å². The van der Waals surface area contributed by atoms with Gasteiger partial charge in [0, 0.05) is 6.61 Å². The second kappa shape index (κ2) is 8.07. The van der Waals surface area contributed by atoms with Gasteiger partial charge in [0.1, 0.15) is 0 Å². The summed E-state index contributed by atoms with van der Waals surface area (Å²) in [4.78, 5) is 0. The van der Waals surface area contributed by atoms with Crippen molar-refractivity contribution in [3.05, 3.63) is 0 Å². The maximum atomic E-state index is 11.6. The van der Waals surface area contributed by atoms with Crippen LogP contribution in [0.4, 0.5) is 0 Å². The molecule has 0 aromatic rings. The van der Waals surface area contributed by atoms with Crippen molar-refractivity contribution in [2.24, 2.45) is 5.73 Å². The summed E-state index contributed by atoms with van der Waals surface area (Å²) in [6.07, 6.45) is 2.58. The highest BCUT2D eigenvalue weighted by Crippen LogP contribution is 2.05. The summed E-state index contributed by atoms with van der Waals surface area (Å²) >= 11 is 0. The maximum Gasteiger partial charge on any atom is 0.155 e. The molecule has 0 fully saturated rings. The van der Waals surface area contributed by atoms with Gasteiger partial charge in [0.15, 0.2) is 9.84 Å². The van der Waals surface area contributed by atoms with Gasteiger partial charge in [-0.2, -0.15) is 0 Å². The van der Waals surface area contributed by atoms with Crippen LogP contribution in [0.3, 0.4) is 0 Å². The van der Waals surface area contributed by atoms with Crippen LogP contribution >= 0.6 is 0 Å². The Balaban J connectivity index is 3.74. The maximum absolute atomic E-state index is 11.6. The molecule has 0 aromatic carbocycles. The van der Waals surface area contributed by atoms with Crippen LogP contribution in [0.5, 0.6) is 0 Å². The molecular weight excluding hydrogens is 214 g/mol. The van der Waals surface area contributed by atoms with Crippen LogP contribution in [-0.2, 0) is 14.6 Å². The van der Waals surface area contributed by atoms with Crippen molar-refractivity contribution in [3.8, 4) is 0 Å². The monoisotopic (exact) mass is 237 g/mol. The first-order valence-corrected chi connectivity index (χ1v) is 7.25. The van der Waals surface area contributed by atoms with Gasteiger partial charge in [0.2, 0.25) is 0 Å². The number of rotatable bonds is 9. The predicted molar refractivity (Wildman–Crippen MR) is 62.6 cm³/mol. The van der Waals surface area contributed by atoms with Crippen molar-refractivity contribution in [2.75, 3.05) is 25.5 Å². The van der Waals surface area contributed by atoms with Crippen LogP contribution in [0.25, 0.3) is 0 Å². The number of ether oxygens (including phenoxy) is 1. The van der Waals surface area contributed by atoms with Crippen LogP contribution in [0.15, 0.2) is 0 Å². The minimum Gasteiger partial charge on any atom is -0.380 e. The molecule has 1 atom stereocenters. The minimum absolute atomic E-state index is 0.109. The number of nitrogens with two attached hydrogens (primary N) is 1. The molecule has 0 aliphatic carbocycles. The Morgan fingerprint density at radius 1 is 1.33 bits per heavy atom. The highest BCUT2D eigenvalue weighted by molar-refractivity contribution is 7.92. The van der Waals surface area contributed by atoms with Gasteiger partial charge in [-0.05, 0) is 26.3 Å². The lowest BCUT2D eigenvalue weighted by atomic mass is 10.3. The SMILES string of the molecule is CCCCOCCS(=O)(=O)C(C)CCN. The van der Waals surface area contributed by atoms with Crippen LogP contribution in [-0.4, -0.2) is 39.2 Å². The van der Waals surface area contributed by atoms with E-state index in [2.05, 4.69) is 6.92 Å². The lowest BCUT2D eigenvalue weighted by Gasteiger charge is -2.11. The third kappa shape index (κ3) is 6.87. The topological polar surface area (TPSA) is 69.4 Å². The average molecular weight is 237 g/mol. The number of unbranched alkanes of at least 4 members (excludes halogenated alkanes) is 1. The molecule has 5 heteroatoms. The first kappa shape index (κ1) is 14.9. The molecule has 0 spiro atoms. The van der Waals surface area contributed by atoms with E-state index in [4.69, 9.17) is 10.5 Å². The van der Waals surface area contributed by atoms with Crippen LogP contribution in [0.2, 0.25) is 0 Å². The largest absolute Gasteiger partial charge is 0.380 e. The summed E-state index contributed by atoms with van der Waals surface area (Å²) in [5.74, 6) is 0.109. The fourth-order valence-electron chi connectivity index (χ4n) is 1.14. The molecule has 0 bridgehead atoms. The summed E-state index contributed by atoms with van der Waals surface area (Å²) in [6.45, 7) is 5.14. The van der Waals surface area contributed by atoms with Gasteiger partial charge >= 0.3 is 0 Å². The molecule has 15 heavy (non-hydrogen) atoms. The van der Waals surface area contributed by atoms with E-state index in [9.17, 15) is 8.42 Å². The van der Waals surface area contributed by atoms with Crippen molar-refractivity contribution in [2.45, 2.75) is 38.4 Å². The lowest BCUT2D eigenvalue weighted by Crippen LogP contribution is -2.26. The third-order valence-electron chi connectivity index (χ3n) is 2.34. The first-order valence-electron chi connectivity index (χ1n) is 5.54. The second-order valence-corrected chi connectivity index (χ2v) is 6.26. The van der Waals surface area contributed by atoms with E-state index in [0.717, 1.165) is 12.8 Å². The van der Waals surface area contributed by atoms with Gasteiger partial charge in [-0.25, -0.2) is 8.42 Å². The van der Waals surface area contributed by atoms with E-state index in [1.165, 1.54) is 0 Å².